The number of aromatic nitrogens is 3. The molecule has 0 radical (unpaired) electrons. The van der Waals surface area contributed by atoms with E-state index in [0.29, 0.717) is 53.3 Å². The van der Waals surface area contributed by atoms with Crippen LogP contribution in [0.2, 0.25) is 0 Å². The zero-order valence-electron chi connectivity index (χ0n) is 18.8. The van der Waals surface area contributed by atoms with Crippen molar-refractivity contribution in [2.24, 2.45) is 4.99 Å². The molecule has 5 rings (SSSR count). The Morgan fingerprint density at radius 3 is 2.71 bits per heavy atom. The number of aryl methyl sites for hydroxylation is 2. The number of pyridine rings is 1. The minimum absolute atomic E-state index is 0.0658. The number of thiophene rings is 2. The molecule has 0 bridgehead atoms. The van der Waals surface area contributed by atoms with E-state index in [2.05, 4.69) is 15.2 Å². The molecule has 0 unspecified atom stereocenters. The molecule has 0 atom stereocenters. The van der Waals surface area contributed by atoms with Crippen LogP contribution in [0.25, 0.3) is 20.7 Å². The van der Waals surface area contributed by atoms with Gasteiger partial charge in [0.1, 0.15) is 4.83 Å². The summed E-state index contributed by atoms with van der Waals surface area (Å²) in [4.78, 5) is 25.6. The summed E-state index contributed by atoms with van der Waals surface area (Å²) in [5.74, 6) is -0.595. The molecule has 0 spiro atoms. The highest BCUT2D eigenvalue weighted by molar-refractivity contribution is 7.21. The van der Waals surface area contributed by atoms with E-state index >= 15 is 0 Å². The Morgan fingerprint density at radius 1 is 1.26 bits per heavy atom. The van der Waals surface area contributed by atoms with Crippen molar-refractivity contribution in [3.8, 4) is 10.4 Å². The number of hydrogen-bond donors (Lipinski definition) is 1. The van der Waals surface area contributed by atoms with E-state index in [0.717, 1.165) is 21.1 Å². The van der Waals surface area contributed by atoms with E-state index in [1.54, 1.807) is 24.5 Å². The molecular formula is C22H22N6O4S2. The summed E-state index contributed by atoms with van der Waals surface area (Å²) in [5.41, 5.74) is 8.57. The van der Waals surface area contributed by atoms with Crippen LogP contribution < -0.4 is 20.6 Å². The highest BCUT2D eigenvalue weighted by Gasteiger charge is 2.25. The van der Waals surface area contributed by atoms with Gasteiger partial charge in [-0.15, -0.1) is 27.7 Å². The maximum atomic E-state index is 13.1. The molecule has 0 amide bonds. The number of nitrogens with two attached hydrogens (primary N) is 1. The Bertz CT molecular complexity index is 1430. The lowest BCUT2D eigenvalue weighted by molar-refractivity contribution is -0.759. The Morgan fingerprint density at radius 2 is 2.03 bits per heavy atom. The molecular weight excluding hydrogens is 476 g/mol. The molecule has 0 saturated carbocycles. The lowest BCUT2D eigenvalue weighted by atomic mass is 9.98. The first-order valence-corrected chi connectivity index (χ1v) is 12.2. The summed E-state index contributed by atoms with van der Waals surface area (Å²) in [7, 11) is 0. The van der Waals surface area contributed by atoms with Gasteiger partial charge in [-0.3, -0.25) is 9.32 Å². The molecule has 1 aliphatic heterocycles. The van der Waals surface area contributed by atoms with E-state index < -0.39 is 5.90 Å². The molecule has 0 aromatic carbocycles. The molecule has 176 valence electrons. The third-order valence-corrected chi connectivity index (χ3v) is 7.63. The summed E-state index contributed by atoms with van der Waals surface area (Å²) in [6, 6.07) is 3.95. The van der Waals surface area contributed by atoms with E-state index in [9.17, 15) is 9.90 Å². The number of hydrogen-bond acceptors (Lipinski definition) is 11. The second-order valence-corrected chi connectivity index (χ2v) is 10.2. The Hall–Kier alpha value is -3.35. The molecule has 10 nitrogen and oxygen atoms in total. The number of nitrogens with zero attached hydrogens (tertiary/aromatic N) is 5. The molecule has 4 aromatic heterocycles. The van der Waals surface area contributed by atoms with Crippen molar-refractivity contribution in [1.29, 1.82) is 0 Å². The number of ketones is 1. The molecule has 1 fully saturated rings. The number of carbonyl (C=O) groups excluding carboxylic acids is 1. The Labute approximate surface area is 202 Å². The number of fused-ring (bicyclic) bond motifs is 1. The topological polar surface area (TPSA) is 134 Å². The zero-order chi connectivity index (χ0) is 24.0. The van der Waals surface area contributed by atoms with Crippen LogP contribution >= 0.6 is 22.7 Å². The van der Waals surface area contributed by atoms with Gasteiger partial charge in [0.2, 0.25) is 5.27 Å². The molecule has 34 heavy (non-hydrogen) atoms. The third-order valence-electron chi connectivity index (χ3n) is 5.52. The third kappa shape index (κ3) is 3.93. The van der Waals surface area contributed by atoms with Crippen LogP contribution in [0.5, 0.6) is 0 Å². The number of anilines is 1. The first-order valence-electron chi connectivity index (χ1n) is 10.6. The van der Waals surface area contributed by atoms with Gasteiger partial charge in [0, 0.05) is 32.2 Å². The molecule has 12 heteroatoms. The van der Waals surface area contributed by atoms with Gasteiger partial charge in [0.15, 0.2) is 5.78 Å². The fourth-order valence-corrected chi connectivity index (χ4v) is 5.95. The quantitative estimate of drug-likeness (QED) is 0.191. The SMILES string of the molecule is CC(=O)c1c(C)nc2sc(/C([O-])=N/c3c[n+](N4CCOCC4)no3)c(N)c2c1-c1ccc(C)s1. The predicted octanol–water partition coefficient (Wildman–Crippen LogP) is 2.11. The van der Waals surface area contributed by atoms with E-state index in [1.165, 1.54) is 11.7 Å². The van der Waals surface area contributed by atoms with Gasteiger partial charge >= 0.3 is 5.88 Å². The number of nitrogen functional groups attached to an aromatic ring is 1. The highest BCUT2D eigenvalue weighted by atomic mass is 32.1. The largest absolute Gasteiger partial charge is 0.857 e. The van der Waals surface area contributed by atoms with Crippen LogP contribution in [-0.2, 0) is 4.74 Å². The lowest BCUT2D eigenvalue weighted by Gasteiger charge is -2.18. The van der Waals surface area contributed by atoms with Gasteiger partial charge in [-0.05, 0) is 32.9 Å². The van der Waals surface area contributed by atoms with Gasteiger partial charge in [-0.2, -0.15) is 0 Å². The first kappa shape index (κ1) is 22.4. The maximum absolute atomic E-state index is 13.1. The number of aliphatic imine (C=N–C) groups is 1. The van der Waals surface area contributed by atoms with Crippen molar-refractivity contribution >= 4 is 56.1 Å². The van der Waals surface area contributed by atoms with Crippen molar-refractivity contribution < 1.29 is 24.0 Å². The standard InChI is InChI=1S/C22H22N6O4S2/c1-11-4-5-14(33-11)17-16(13(3)29)12(2)24-22-18(17)19(23)20(34-22)21(30)25-15-10-28(26-32-15)27-6-8-31-9-7-27/h4-5,10H,6-9H2,1-3H3,(H2-,23,25,26,30). The molecule has 5 heterocycles. The van der Waals surface area contributed by atoms with Crippen LogP contribution in [-0.4, -0.2) is 48.2 Å². The van der Waals surface area contributed by atoms with E-state index in [1.807, 2.05) is 24.1 Å². The Balaban J connectivity index is 1.60. The average Bonchev–Trinajstić information content (AvgIpc) is 3.52. The summed E-state index contributed by atoms with van der Waals surface area (Å²) >= 11 is 2.72. The summed E-state index contributed by atoms with van der Waals surface area (Å²) in [6.07, 6.45) is 1.54. The Kier molecular flexibility index (Phi) is 5.80. The van der Waals surface area contributed by atoms with Gasteiger partial charge < -0.3 is 15.6 Å². The van der Waals surface area contributed by atoms with Gasteiger partial charge in [-0.1, -0.05) is 0 Å². The van der Waals surface area contributed by atoms with E-state index in [4.69, 9.17) is 15.0 Å². The van der Waals surface area contributed by atoms with Crippen molar-refractivity contribution in [1.82, 2.24) is 10.3 Å². The van der Waals surface area contributed by atoms with Crippen LogP contribution in [0.15, 0.2) is 27.8 Å². The summed E-state index contributed by atoms with van der Waals surface area (Å²) < 4.78 is 10.6. The molecule has 2 N–H and O–H groups in total. The average molecular weight is 499 g/mol. The van der Waals surface area contributed by atoms with Crippen LogP contribution in [0.4, 0.5) is 11.6 Å². The normalized spacial score (nSPS) is 14.8. The van der Waals surface area contributed by atoms with Crippen molar-refractivity contribution in [2.75, 3.05) is 37.0 Å². The monoisotopic (exact) mass is 498 g/mol. The van der Waals surface area contributed by atoms with Crippen molar-refractivity contribution in [3.05, 3.63) is 39.3 Å². The maximum Gasteiger partial charge on any atom is 0.324 e. The van der Waals surface area contributed by atoms with Crippen LogP contribution in [0.3, 0.4) is 0 Å². The molecule has 1 aliphatic rings. The van der Waals surface area contributed by atoms with Crippen molar-refractivity contribution in [2.45, 2.75) is 20.8 Å². The van der Waals surface area contributed by atoms with Crippen LogP contribution in [0, 0.1) is 13.8 Å². The van der Waals surface area contributed by atoms with E-state index in [-0.39, 0.29) is 22.2 Å². The second kappa shape index (κ2) is 8.78. The lowest BCUT2D eigenvalue weighted by Crippen LogP contribution is -2.62. The number of carbonyl (C=O) groups is 1. The van der Waals surface area contributed by atoms with Crippen LogP contribution in [0.1, 0.15) is 32.7 Å². The number of rotatable bonds is 5. The fraction of sp³-hybridized carbons (Fsp3) is 0.318. The smallest absolute Gasteiger partial charge is 0.324 e. The summed E-state index contributed by atoms with van der Waals surface area (Å²) in [6.45, 7) is 7.79. The fourth-order valence-electron chi connectivity index (χ4n) is 3.99. The van der Waals surface area contributed by atoms with Gasteiger partial charge in [-0.25, -0.2) is 9.98 Å². The first-order chi connectivity index (χ1) is 16.3. The van der Waals surface area contributed by atoms with Gasteiger partial charge in [0.25, 0.3) is 6.20 Å². The minimum Gasteiger partial charge on any atom is -0.857 e. The minimum atomic E-state index is -0.555. The second-order valence-electron chi connectivity index (χ2n) is 7.88. The predicted molar refractivity (Wildman–Crippen MR) is 128 cm³/mol. The summed E-state index contributed by atoms with van der Waals surface area (Å²) in [5, 5.41) is 19.6. The van der Waals surface area contributed by atoms with Crippen molar-refractivity contribution in [3.63, 3.8) is 0 Å². The molecule has 0 aliphatic carbocycles. The highest BCUT2D eigenvalue weighted by Crippen LogP contribution is 2.44. The molecule has 1 saturated heterocycles. The number of Topliss-reactive ketones (excluding diaryl/α,β-unsaturated/α-hetero) is 1. The zero-order valence-corrected chi connectivity index (χ0v) is 20.5. The molecule has 4 aromatic rings. The number of ether oxygens (including phenoxy) is 1. The van der Waals surface area contributed by atoms with Gasteiger partial charge in [0.05, 0.1) is 47.4 Å². The number of morpholine rings is 1.